The van der Waals surface area contributed by atoms with Gasteiger partial charge in [0.1, 0.15) is 0 Å². The molecule has 1 aromatic rings. The van der Waals surface area contributed by atoms with Crippen molar-refractivity contribution in [2.45, 2.75) is 32.5 Å². The summed E-state index contributed by atoms with van der Waals surface area (Å²) in [4.78, 5) is 14.2. The second-order valence-electron chi connectivity index (χ2n) is 6.31. The second kappa shape index (κ2) is 10.2. The molecule has 1 atom stereocenters. The second-order valence-corrected chi connectivity index (χ2v) is 8.36. The lowest BCUT2D eigenvalue weighted by atomic mass is 10.0. The fourth-order valence-corrected chi connectivity index (χ4v) is 4.69. The van der Waals surface area contributed by atoms with Crippen molar-refractivity contribution in [3.63, 3.8) is 0 Å². The molecule has 1 saturated heterocycles. The van der Waals surface area contributed by atoms with Crippen LogP contribution in [0.2, 0.25) is 0 Å². The Bertz CT molecular complexity index is 607. The third-order valence-corrected chi connectivity index (χ3v) is 6.31. The predicted octanol–water partition coefficient (Wildman–Crippen LogP) is 1.75. The van der Waals surface area contributed by atoms with Gasteiger partial charge in [-0.1, -0.05) is 24.3 Å². The van der Waals surface area contributed by atoms with Gasteiger partial charge in [0.15, 0.2) is 0 Å². The van der Waals surface area contributed by atoms with Crippen LogP contribution in [0.25, 0.3) is 0 Å². The summed E-state index contributed by atoms with van der Waals surface area (Å²) < 4.78 is 23.2. The summed E-state index contributed by atoms with van der Waals surface area (Å²) in [6, 6.07) is 7.08. The number of nitrogens with one attached hydrogen (secondary N) is 1. The van der Waals surface area contributed by atoms with Crippen molar-refractivity contribution in [2.24, 2.45) is 5.73 Å². The van der Waals surface area contributed by atoms with Gasteiger partial charge in [0.2, 0.25) is 5.91 Å². The first-order valence-corrected chi connectivity index (χ1v) is 10.9. The lowest BCUT2D eigenvalue weighted by molar-refractivity contribution is -0.133. The van der Waals surface area contributed by atoms with Gasteiger partial charge in [0.05, 0.1) is 25.4 Å². The van der Waals surface area contributed by atoms with Gasteiger partial charge < -0.3 is 25.0 Å². The summed E-state index contributed by atoms with van der Waals surface area (Å²) >= 11 is 0. The van der Waals surface area contributed by atoms with Gasteiger partial charge in [0, 0.05) is 26.2 Å². The Morgan fingerprint density at radius 3 is 2.23 bits per heavy atom. The van der Waals surface area contributed by atoms with Crippen molar-refractivity contribution in [1.29, 1.82) is 0 Å². The zero-order chi connectivity index (χ0) is 19.0. The van der Waals surface area contributed by atoms with Crippen molar-refractivity contribution in [1.82, 2.24) is 10.2 Å². The van der Waals surface area contributed by atoms with Crippen molar-refractivity contribution in [3.05, 3.63) is 35.4 Å². The van der Waals surface area contributed by atoms with Gasteiger partial charge in [-0.3, -0.25) is 9.36 Å². The van der Waals surface area contributed by atoms with Crippen molar-refractivity contribution >= 4 is 13.5 Å². The molecule has 1 aliphatic heterocycles. The number of hydrogen-bond donors (Lipinski definition) is 2. The molecule has 2 rings (SSSR count). The van der Waals surface area contributed by atoms with E-state index in [-0.39, 0.29) is 12.1 Å². The number of piperazine rings is 1. The molecule has 0 radical (unpaired) electrons. The van der Waals surface area contributed by atoms with E-state index in [4.69, 9.17) is 14.8 Å². The number of rotatable bonds is 9. The number of nitrogens with two attached hydrogens (primary N) is 1. The number of nitrogens with zero attached hydrogens (tertiary/aromatic N) is 1. The van der Waals surface area contributed by atoms with Crippen LogP contribution < -0.4 is 11.1 Å². The first-order valence-electron chi connectivity index (χ1n) is 9.18. The zero-order valence-electron chi connectivity index (χ0n) is 15.6. The largest absolute Gasteiger partial charge is 0.339 e. The summed E-state index contributed by atoms with van der Waals surface area (Å²) in [7, 11) is -3.11. The van der Waals surface area contributed by atoms with Gasteiger partial charge in [0.25, 0.3) is 0 Å². The average molecular weight is 383 g/mol. The number of amides is 1. The minimum atomic E-state index is -3.11. The minimum absolute atomic E-state index is 0.00670. The Kier molecular flexibility index (Phi) is 8.25. The van der Waals surface area contributed by atoms with Crippen LogP contribution in [-0.2, 0) is 31.0 Å². The molecule has 1 aliphatic rings. The summed E-state index contributed by atoms with van der Waals surface area (Å²) in [5, 5.41) is 3.22. The van der Waals surface area contributed by atoms with E-state index in [0.717, 1.165) is 24.2 Å². The maximum atomic E-state index is 12.6. The Hall–Kier alpha value is -1.24. The van der Waals surface area contributed by atoms with E-state index in [1.54, 1.807) is 13.8 Å². The van der Waals surface area contributed by atoms with E-state index in [1.807, 2.05) is 29.2 Å². The van der Waals surface area contributed by atoms with Gasteiger partial charge in [-0.2, -0.15) is 0 Å². The summed E-state index contributed by atoms with van der Waals surface area (Å²) in [5.41, 5.74) is 7.96. The zero-order valence-corrected chi connectivity index (χ0v) is 16.5. The highest BCUT2D eigenvalue weighted by molar-refractivity contribution is 7.53. The standard InChI is InChI=1S/C18H30N3O4P/c1-3-24-26(23,25-4-2)14-16-7-5-15(6-8-16)13-17(19)18(22)21-11-9-20-10-12-21/h5-8,17,20H,3-4,9-14,19H2,1-2H3. The molecule has 1 unspecified atom stereocenters. The molecule has 3 N–H and O–H groups in total. The fourth-order valence-electron chi connectivity index (χ4n) is 2.99. The van der Waals surface area contributed by atoms with E-state index in [1.165, 1.54) is 0 Å². The van der Waals surface area contributed by atoms with Gasteiger partial charge in [-0.25, -0.2) is 0 Å². The molecule has 0 aliphatic carbocycles. The molecule has 1 heterocycles. The fraction of sp³-hybridized carbons (Fsp3) is 0.611. The highest BCUT2D eigenvalue weighted by Gasteiger charge is 2.25. The van der Waals surface area contributed by atoms with Crippen LogP contribution in [0.1, 0.15) is 25.0 Å². The molecule has 1 fully saturated rings. The van der Waals surface area contributed by atoms with E-state index in [9.17, 15) is 9.36 Å². The molecule has 8 heteroatoms. The topological polar surface area (TPSA) is 93.9 Å². The highest BCUT2D eigenvalue weighted by Crippen LogP contribution is 2.51. The van der Waals surface area contributed by atoms with Crippen molar-refractivity contribution < 1.29 is 18.4 Å². The smallest absolute Gasteiger partial charge is 0.335 e. The minimum Gasteiger partial charge on any atom is -0.339 e. The maximum absolute atomic E-state index is 12.6. The number of carbonyl (C=O) groups is 1. The van der Waals surface area contributed by atoms with Crippen LogP contribution in [0, 0.1) is 0 Å². The van der Waals surface area contributed by atoms with Crippen LogP contribution in [0.4, 0.5) is 0 Å². The number of benzene rings is 1. The summed E-state index contributed by atoms with van der Waals surface area (Å²) in [6.07, 6.45) is 0.721. The quantitative estimate of drug-likeness (QED) is 0.631. The van der Waals surface area contributed by atoms with E-state index >= 15 is 0 Å². The maximum Gasteiger partial charge on any atom is 0.335 e. The molecule has 7 nitrogen and oxygen atoms in total. The molecule has 1 aromatic carbocycles. The Labute approximate surface area is 155 Å². The lowest BCUT2D eigenvalue weighted by Gasteiger charge is -2.29. The summed E-state index contributed by atoms with van der Waals surface area (Å²) in [6.45, 7) is 7.32. The SMILES string of the molecule is CCOP(=O)(Cc1ccc(CC(N)C(=O)N2CCNCC2)cc1)OCC. The predicted molar refractivity (Wildman–Crippen MR) is 102 cm³/mol. The molecule has 0 aromatic heterocycles. The van der Waals surface area contributed by atoms with E-state index in [0.29, 0.717) is 32.7 Å². The van der Waals surface area contributed by atoms with Crippen LogP contribution in [0.5, 0.6) is 0 Å². The number of carbonyl (C=O) groups excluding carboxylic acids is 1. The molecule has 26 heavy (non-hydrogen) atoms. The molecule has 0 bridgehead atoms. The Morgan fingerprint density at radius 1 is 1.15 bits per heavy atom. The van der Waals surface area contributed by atoms with Crippen LogP contribution in [0.3, 0.4) is 0 Å². The van der Waals surface area contributed by atoms with Gasteiger partial charge in [-0.05, 0) is 31.4 Å². The van der Waals surface area contributed by atoms with Gasteiger partial charge >= 0.3 is 7.60 Å². The highest BCUT2D eigenvalue weighted by atomic mass is 31.2. The van der Waals surface area contributed by atoms with Gasteiger partial charge in [-0.15, -0.1) is 0 Å². The molecule has 0 saturated carbocycles. The third-order valence-electron chi connectivity index (χ3n) is 4.25. The average Bonchev–Trinajstić information content (AvgIpc) is 2.63. The number of hydrogen-bond acceptors (Lipinski definition) is 6. The molecule has 146 valence electrons. The molecular weight excluding hydrogens is 353 g/mol. The van der Waals surface area contributed by atoms with E-state index in [2.05, 4.69) is 5.32 Å². The lowest BCUT2D eigenvalue weighted by Crippen LogP contribution is -2.52. The van der Waals surface area contributed by atoms with Crippen molar-refractivity contribution in [2.75, 3.05) is 39.4 Å². The van der Waals surface area contributed by atoms with E-state index < -0.39 is 13.6 Å². The van der Waals surface area contributed by atoms with Crippen LogP contribution in [-0.4, -0.2) is 56.2 Å². The molecule has 1 amide bonds. The first-order chi connectivity index (χ1) is 12.5. The van der Waals surface area contributed by atoms with Crippen molar-refractivity contribution in [3.8, 4) is 0 Å². The Balaban J connectivity index is 1.93. The first kappa shape index (κ1) is 21.1. The van der Waals surface area contributed by atoms with Crippen LogP contribution >= 0.6 is 7.60 Å². The Morgan fingerprint density at radius 2 is 1.69 bits per heavy atom. The van der Waals surface area contributed by atoms with Crippen LogP contribution in [0.15, 0.2) is 24.3 Å². The molecule has 0 spiro atoms. The summed E-state index contributed by atoms with van der Waals surface area (Å²) in [5.74, 6) is -0.00670. The third kappa shape index (κ3) is 6.18. The molecular formula is C18H30N3O4P. The normalized spacial score (nSPS) is 16.5. The monoisotopic (exact) mass is 383 g/mol.